The van der Waals surface area contributed by atoms with E-state index in [2.05, 4.69) is 72.8 Å². The van der Waals surface area contributed by atoms with Crippen molar-refractivity contribution in [2.45, 2.75) is 0 Å². The van der Waals surface area contributed by atoms with Crippen LogP contribution in [0.4, 0.5) is 0 Å². The van der Waals surface area contributed by atoms with Crippen molar-refractivity contribution in [2.75, 3.05) is 0 Å². The molecule has 42 heavy (non-hydrogen) atoms. The van der Waals surface area contributed by atoms with E-state index < -0.39 is 0 Å². The van der Waals surface area contributed by atoms with E-state index in [1.54, 1.807) is 0 Å². The first-order valence-corrected chi connectivity index (χ1v) is 14.2. The minimum atomic E-state index is -0.388. The lowest BCUT2D eigenvalue weighted by Crippen LogP contribution is -1.91. The van der Waals surface area contributed by atoms with Crippen molar-refractivity contribution in [1.82, 2.24) is 0 Å². The monoisotopic (exact) mass is 534 g/mol. The minimum absolute atomic E-state index is 0.0708. The van der Waals surface area contributed by atoms with E-state index in [0.29, 0.717) is 22.3 Å². The van der Waals surface area contributed by atoms with Gasteiger partial charge in [0.25, 0.3) is 0 Å². The molecule has 0 heterocycles. The average Bonchev–Trinajstić information content (AvgIpc) is 3.11. The summed E-state index contributed by atoms with van der Waals surface area (Å²) in [6.45, 7) is 0. The lowest BCUT2D eigenvalue weighted by molar-refractivity contribution is 1.67. The van der Waals surface area contributed by atoms with E-state index in [0.717, 1.165) is 64.6 Å². The topological polar surface area (TPSA) is 0 Å². The summed E-state index contributed by atoms with van der Waals surface area (Å²) in [6.07, 6.45) is 0. The maximum absolute atomic E-state index is 9.93. The van der Waals surface area contributed by atoms with Crippen LogP contribution < -0.4 is 0 Å². The van der Waals surface area contributed by atoms with Gasteiger partial charge in [0.2, 0.25) is 0 Å². The molecule has 0 amide bonds. The quantitative estimate of drug-likeness (QED) is 0.193. The van der Waals surface area contributed by atoms with Gasteiger partial charge >= 0.3 is 0 Å². The Balaban J connectivity index is 1.41. The van der Waals surface area contributed by atoms with Gasteiger partial charge in [-0.2, -0.15) is 0 Å². The van der Waals surface area contributed by atoms with Gasteiger partial charge in [-0.15, -0.1) is 0 Å². The van der Waals surface area contributed by atoms with Gasteiger partial charge in [-0.05, 0) is 110 Å². The van der Waals surface area contributed by atoms with Crippen LogP contribution in [-0.4, -0.2) is 0 Å². The summed E-state index contributed by atoms with van der Waals surface area (Å²) in [5, 5.41) is 13.0. The smallest absolute Gasteiger partial charge is 0.0616 e. The first-order valence-electron chi connectivity index (χ1n) is 17.2. The molecule has 192 valence electrons. The molecule has 0 atom stereocenters. The van der Waals surface area contributed by atoms with Crippen molar-refractivity contribution in [3.8, 4) is 22.3 Å². The first kappa shape index (κ1) is 17.4. The zero-order valence-corrected chi connectivity index (χ0v) is 22.4. The molecule has 0 heteroatoms. The van der Waals surface area contributed by atoms with Crippen LogP contribution in [0.15, 0.2) is 145 Å². The fourth-order valence-corrected chi connectivity index (χ4v) is 7.18. The Kier molecular flexibility index (Phi) is 3.33. The molecule has 10 aromatic rings. The van der Waals surface area contributed by atoms with Crippen LogP contribution in [0, 0.1) is 0 Å². The molecular formula is C42H24. The molecule has 0 saturated carbocycles. The third-order valence-corrected chi connectivity index (χ3v) is 9.03. The zero-order chi connectivity index (χ0) is 32.6. The summed E-state index contributed by atoms with van der Waals surface area (Å²) in [4.78, 5) is 0. The number of benzene rings is 10. The molecule has 0 spiro atoms. The lowest BCUT2D eigenvalue weighted by atomic mass is 9.85. The third-order valence-electron chi connectivity index (χ3n) is 9.03. The predicted octanol–water partition coefficient (Wildman–Crippen LogP) is 12.0. The van der Waals surface area contributed by atoms with Crippen molar-refractivity contribution in [3.05, 3.63) is 145 Å². The highest BCUT2D eigenvalue weighted by Crippen LogP contribution is 2.44. The van der Waals surface area contributed by atoms with Crippen LogP contribution in [-0.2, 0) is 0 Å². The van der Waals surface area contributed by atoms with Crippen molar-refractivity contribution in [3.63, 3.8) is 0 Å². The number of hydrogen-bond acceptors (Lipinski definition) is 0. The highest BCUT2D eigenvalue weighted by Gasteiger charge is 2.17. The summed E-state index contributed by atoms with van der Waals surface area (Å²) >= 11 is 0. The number of hydrogen-bond donors (Lipinski definition) is 0. The van der Waals surface area contributed by atoms with Crippen LogP contribution in [0.2, 0.25) is 0 Å². The van der Waals surface area contributed by atoms with Gasteiger partial charge in [0.15, 0.2) is 0 Å². The summed E-state index contributed by atoms with van der Waals surface area (Å²) in [5.41, 5.74) is 2.17. The van der Waals surface area contributed by atoms with Crippen LogP contribution in [0.1, 0.15) is 8.22 Å². The molecule has 0 fully saturated rings. The van der Waals surface area contributed by atoms with E-state index in [4.69, 9.17) is 5.48 Å². The summed E-state index contributed by atoms with van der Waals surface area (Å²) in [7, 11) is 0. The fourth-order valence-electron chi connectivity index (χ4n) is 7.18. The fraction of sp³-hybridized carbons (Fsp3) is 0. The first-order chi connectivity index (χ1) is 23.3. The molecule has 0 unspecified atom stereocenters. The Morgan fingerprint density at radius 3 is 1.43 bits per heavy atom. The molecule has 0 aliphatic rings. The van der Waals surface area contributed by atoms with Crippen molar-refractivity contribution in [2.24, 2.45) is 0 Å². The second-order valence-corrected chi connectivity index (χ2v) is 11.2. The Morgan fingerprint density at radius 2 is 0.810 bits per heavy atom. The molecule has 0 saturated heterocycles. The molecule has 0 aliphatic heterocycles. The minimum Gasteiger partial charge on any atom is -0.0616 e. The van der Waals surface area contributed by atoms with Crippen LogP contribution in [0.3, 0.4) is 0 Å². The predicted molar refractivity (Wildman–Crippen MR) is 182 cm³/mol. The maximum atomic E-state index is 9.93. The number of rotatable bonds is 2. The average molecular weight is 535 g/mol. The largest absolute Gasteiger partial charge is 0.0636 e. The highest BCUT2D eigenvalue weighted by atomic mass is 14.2. The summed E-state index contributed by atoms with van der Waals surface area (Å²) in [5.74, 6) is 0. The lowest BCUT2D eigenvalue weighted by Gasteiger charge is -2.18. The third kappa shape index (κ3) is 2.91. The molecule has 0 radical (unpaired) electrons. The molecule has 10 rings (SSSR count). The standard InChI is InChI=1S/C42H24/c1-2-10-33-31(5-1)23-32(34-19-15-29-13-11-25-6-3-8-27-17-21-36(34)41(29)39(25)27)24-38(33)35-20-16-30-14-12-26-7-4-9-28-18-22-37(35)42(30)40(26)28/h1-24H/i1D,2D,5D,10D,23D,24D. The molecule has 0 aliphatic carbocycles. The van der Waals surface area contributed by atoms with E-state index >= 15 is 0 Å². The molecule has 0 aromatic heterocycles. The highest BCUT2D eigenvalue weighted by molar-refractivity contribution is 6.27. The van der Waals surface area contributed by atoms with E-state index in [9.17, 15) is 2.74 Å². The molecule has 0 nitrogen and oxygen atoms in total. The van der Waals surface area contributed by atoms with Gasteiger partial charge < -0.3 is 0 Å². The summed E-state index contributed by atoms with van der Waals surface area (Å²) in [6, 6.07) is 35.9. The van der Waals surface area contributed by atoms with Crippen LogP contribution in [0.5, 0.6) is 0 Å². The van der Waals surface area contributed by atoms with Gasteiger partial charge in [-0.1, -0.05) is 133 Å². The number of fused-ring (bicyclic) bond motifs is 1. The second-order valence-electron chi connectivity index (χ2n) is 11.2. The maximum Gasteiger partial charge on any atom is 0.0636 e. The second kappa shape index (κ2) is 8.06. The summed E-state index contributed by atoms with van der Waals surface area (Å²) < 4.78 is 54.9. The van der Waals surface area contributed by atoms with Gasteiger partial charge in [0, 0.05) is 0 Å². The molecule has 0 bridgehead atoms. The van der Waals surface area contributed by atoms with E-state index in [1.807, 2.05) is 36.4 Å². The van der Waals surface area contributed by atoms with Gasteiger partial charge in [0.1, 0.15) is 0 Å². The zero-order valence-electron chi connectivity index (χ0n) is 28.4. The van der Waals surface area contributed by atoms with Gasteiger partial charge in [-0.3, -0.25) is 0 Å². The van der Waals surface area contributed by atoms with E-state index in [1.165, 1.54) is 0 Å². The molecule has 0 N–H and O–H groups in total. The Labute approximate surface area is 251 Å². The van der Waals surface area contributed by atoms with Gasteiger partial charge in [-0.25, -0.2) is 0 Å². The van der Waals surface area contributed by atoms with Crippen molar-refractivity contribution >= 4 is 75.4 Å². The Hall–Kier alpha value is -5.46. The Morgan fingerprint density at radius 1 is 0.333 bits per heavy atom. The normalized spacial score (nSPS) is 14.3. The van der Waals surface area contributed by atoms with Gasteiger partial charge in [0.05, 0.1) is 8.22 Å². The van der Waals surface area contributed by atoms with Crippen LogP contribution >= 0.6 is 0 Å². The van der Waals surface area contributed by atoms with Crippen molar-refractivity contribution in [1.29, 1.82) is 0 Å². The molecule has 10 aromatic carbocycles. The van der Waals surface area contributed by atoms with Crippen molar-refractivity contribution < 1.29 is 8.22 Å². The Bertz CT molecular complexity index is 2980. The molecular weight excluding hydrogens is 504 g/mol. The van der Waals surface area contributed by atoms with E-state index in [-0.39, 0.29) is 47.0 Å². The van der Waals surface area contributed by atoms with Crippen LogP contribution in [0.25, 0.3) is 97.7 Å². The SMILES string of the molecule is [2H]c1c([2H])c([2H])c2c(-c3ccc4ccc5cccc6ccc3c4c56)c([2H])c(-c3ccc4ccc5cccc6ccc3c4c56)c([2H])c2c1[2H].